The summed E-state index contributed by atoms with van der Waals surface area (Å²) in [5.74, 6) is -0.112. The average Bonchev–Trinajstić information content (AvgIpc) is 3.18. The quantitative estimate of drug-likeness (QED) is 0.914. The van der Waals surface area contributed by atoms with Crippen LogP contribution in [0, 0.1) is 6.92 Å². The number of rotatable bonds is 5. The zero-order chi connectivity index (χ0) is 16.2. The molecule has 0 unspecified atom stereocenters. The van der Waals surface area contributed by atoms with Crippen LogP contribution >= 0.6 is 11.6 Å². The Morgan fingerprint density at radius 2 is 2.30 bits per heavy atom. The van der Waals surface area contributed by atoms with Gasteiger partial charge in [0.1, 0.15) is 0 Å². The van der Waals surface area contributed by atoms with Gasteiger partial charge in [-0.1, -0.05) is 23.7 Å². The summed E-state index contributed by atoms with van der Waals surface area (Å²) in [4.78, 5) is 12.3. The lowest BCUT2D eigenvalue weighted by atomic mass is 10.2. The molecule has 1 fully saturated rings. The van der Waals surface area contributed by atoms with Gasteiger partial charge in [0.05, 0.1) is 34.3 Å². The summed E-state index contributed by atoms with van der Waals surface area (Å²) < 4.78 is 7.25. The third-order valence-corrected chi connectivity index (χ3v) is 4.43. The molecule has 1 aromatic carbocycles. The highest BCUT2D eigenvalue weighted by atomic mass is 35.5. The maximum absolute atomic E-state index is 12.3. The van der Waals surface area contributed by atoms with E-state index < -0.39 is 0 Å². The van der Waals surface area contributed by atoms with E-state index in [-0.39, 0.29) is 12.0 Å². The van der Waals surface area contributed by atoms with Gasteiger partial charge in [-0.05, 0) is 38.3 Å². The summed E-state index contributed by atoms with van der Waals surface area (Å²) in [5, 5.41) is 7.84. The number of carbonyl (C=O) groups is 1. The fraction of sp³-hybridized carbons (Fsp3) is 0.412. The zero-order valence-electron chi connectivity index (χ0n) is 13.1. The normalized spacial score (nSPS) is 17.4. The molecule has 1 saturated heterocycles. The molecule has 0 spiro atoms. The van der Waals surface area contributed by atoms with Gasteiger partial charge in [-0.15, -0.1) is 0 Å². The van der Waals surface area contributed by atoms with Crippen LogP contribution in [0.25, 0.3) is 5.69 Å². The predicted molar refractivity (Wildman–Crippen MR) is 89.2 cm³/mol. The second kappa shape index (κ2) is 7.15. The molecule has 5 nitrogen and oxygen atoms in total. The molecule has 0 aliphatic carbocycles. The van der Waals surface area contributed by atoms with Crippen molar-refractivity contribution in [3.63, 3.8) is 0 Å². The van der Waals surface area contributed by atoms with E-state index in [0.717, 1.165) is 37.3 Å². The van der Waals surface area contributed by atoms with Crippen LogP contribution in [0.5, 0.6) is 0 Å². The largest absolute Gasteiger partial charge is 0.378 e. The molecular formula is C17H20ClN3O2. The number of hydrogen-bond donors (Lipinski definition) is 1. The van der Waals surface area contributed by atoms with E-state index in [1.807, 2.05) is 25.1 Å². The van der Waals surface area contributed by atoms with E-state index in [0.29, 0.717) is 17.1 Å². The molecule has 122 valence electrons. The van der Waals surface area contributed by atoms with Gasteiger partial charge in [-0.25, -0.2) is 4.68 Å². The van der Waals surface area contributed by atoms with Gasteiger partial charge in [0.2, 0.25) is 0 Å². The van der Waals surface area contributed by atoms with Crippen LogP contribution in [0.15, 0.2) is 30.5 Å². The molecule has 1 atom stereocenters. The molecule has 0 bridgehead atoms. The Morgan fingerprint density at radius 3 is 3.04 bits per heavy atom. The van der Waals surface area contributed by atoms with Crippen LogP contribution in [0.4, 0.5) is 0 Å². The zero-order valence-corrected chi connectivity index (χ0v) is 13.8. The van der Waals surface area contributed by atoms with Crippen LogP contribution in [0.2, 0.25) is 5.02 Å². The SMILES string of the molecule is Cc1c(C(=O)NCC[C@H]2CCCO2)cnn1-c1ccccc1Cl. The number of nitrogens with zero attached hydrogens (tertiary/aromatic N) is 2. The van der Waals surface area contributed by atoms with Crippen molar-refractivity contribution >= 4 is 17.5 Å². The van der Waals surface area contributed by atoms with E-state index in [9.17, 15) is 4.79 Å². The molecule has 3 rings (SSSR count). The molecule has 2 aromatic rings. The Morgan fingerprint density at radius 1 is 1.48 bits per heavy atom. The van der Waals surface area contributed by atoms with Gasteiger partial charge in [0.25, 0.3) is 5.91 Å². The Labute approximate surface area is 140 Å². The van der Waals surface area contributed by atoms with Crippen LogP contribution in [0.3, 0.4) is 0 Å². The number of nitrogens with one attached hydrogen (secondary N) is 1. The highest BCUT2D eigenvalue weighted by molar-refractivity contribution is 6.32. The van der Waals surface area contributed by atoms with Crippen molar-refractivity contribution in [1.82, 2.24) is 15.1 Å². The van der Waals surface area contributed by atoms with E-state index in [2.05, 4.69) is 10.4 Å². The summed E-state index contributed by atoms with van der Waals surface area (Å²) in [6, 6.07) is 7.44. The molecule has 1 aliphatic heterocycles. The van der Waals surface area contributed by atoms with E-state index in [4.69, 9.17) is 16.3 Å². The lowest BCUT2D eigenvalue weighted by Gasteiger charge is -2.10. The Kier molecular flexibility index (Phi) is 4.98. The number of benzene rings is 1. The van der Waals surface area contributed by atoms with E-state index >= 15 is 0 Å². The maximum Gasteiger partial charge on any atom is 0.254 e. The van der Waals surface area contributed by atoms with Crippen LogP contribution in [0.1, 0.15) is 35.3 Å². The molecule has 23 heavy (non-hydrogen) atoms. The second-order valence-electron chi connectivity index (χ2n) is 5.69. The standard InChI is InChI=1S/C17H20ClN3O2/c1-12-14(17(22)19-9-8-13-5-4-10-23-13)11-20-21(12)16-7-3-2-6-15(16)18/h2-3,6-7,11,13H,4-5,8-10H2,1H3,(H,19,22)/t13-/m1/s1. The molecule has 1 N–H and O–H groups in total. The van der Waals surface area contributed by atoms with Crippen molar-refractivity contribution < 1.29 is 9.53 Å². The van der Waals surface area contributed by atoms with E-state index in [1.54, 1.807) is 16.9 Å². The highest BCUT2D eigenvalue weighted by Crippen LogP contribution is 2.22. The first-order valence-electron chi connectivity index (χ1n) is 7.86. The highest BCUT2D eigenvalue weighted by Gasteiger charge is 2.18. The van der Waals surface area contributed by atoms with Crippen molar-refractivity contribution in [2.24, 2.45) is 0 Å². The summed E-state index contributed by atoms with van der Waals surface area (Å²) >= 11 is 6.20. The number of ether oxygens (including phenoxy) is 1. The number of amides is 1. The summed E-state index contributed by atoms with van der Waals surface area (Å²) in [6.45, 7) is 3.31. The summed E-state index contributed by atoms with van der Waals surface area (Å²) in [7, 11) is 0. The van der Waals surface area contributed by atoms with Crippen molar-refractivity contribution in [2.75, 3.05) is 13.2 Å². The first-order chi connectivity index (χ1) is 11.2. The summed E-state index contributed by atoms with van der Waals surface area (Å²) in [6.07, 6.45) is 4.91. The molecule has 1 amide bonds. The molecule has 0 radical (unpaired) electrons. The number of aromatic nitrogens is 2. The van der Waals surface area contributed by atoms with Crippen LogP contribution < -0.4 is 5.32 Å². The maximum atomic E-state index is 12.3. The minimum Gasteiger partial charge on any atom is -0.378 e. The molecule has 0 saturated carbocycles. The molecule has 1 aromatic heterocycles. The number of para-hydroxylation sites is 1. The van der Waals surface area contributed by atoms with Crippen LogP contribution in [-0.4, -0.2) is 34.9 Å². The minimum absolute atomic E-state index is 0.112. The topological polar surface area (TPSA) is 56.1 Å². The fourth-order valence-corrected chi connectivity index (χ4v) is 3.03. The summed E-state index contributed by atoms with van der Waals surface area (Å²) in [5.41, 5.74) is 2.11. The van der Waals surface area contributed by atoms with E-state index in [1.165, 1.54) is 0 Å². The van der Waals surface area contributed by atoms with Crippen molar-refractivity contribution in [1.29, 1.82) is 0 Å². The van der Waals surface area contributed by atoms with Gasteiger partial charge in [-0.2, -0.15) is 5.10 Å². The predicted octanol–water partition coefficient (Wildman–Crippen LogP) is 3.13. The second-order valence-corrected chi connectivity index (χ2v) is 6.09. The van der Waals surface area contributed by atoms with Crippen LogP contribution in [-0.2, 0) is 4.74 Å². The van der Waals surface area contributed by atoms with Crippen molar-refractivity contribution in [3.8, 4) is 5.69 Å². The Bertz CT molecular complexity index is 693. The van der Waals surface area contributed by atoms with Gasteiger partial charge >= 0.3 is 0 Å². The number of carbonyl (C=O) groups excluding carboxylic acids is 1. The Balaban J connectivity index is 1.66. The van der Waals surface area contributed by atoms with Gasteiger partial charge in [0, 0.05) is 13.2 Å². The Hall–Kier alpha value is -1.85. The third-order valence-electron chi connectivity index (χ3n) is 4.11. The lowest BCUT2D eigenvalue weighted by molar-refractivity contribution is 0.0906. The van der Waals surface area contributed by atoms with Gasteiger partial charge < -0.3 is 10.1 Å². The number of hydrogen-bond acceptors (Lipinski definition) is 3. The third kappa shape index (κ3) is 3.57. The molecule has 2 heterocycles. The number of halogens is 1. The average molecular weight is 334 g/mol. The smallest absolute Gasteiger partial charge is 0.254 e. The van der Waals surface area contributed by atoms with Gasteiger partial charge in [0.15, 0.2) is 0 Å². The fourth-order valence-electron chi connectivity index (χ4n) is 2.81. The monoisotopic (exact) mass is 333 g/mol. The molecule has 1 aliphatic rings. The first-order valence-corrected chi connectivity index (χ1v) is 8.24. The van der Waals surface area contributed by atoms with Crippen molar-refractivity contribution in [2.45, 2.75) is 32.3 Å². The van der Waals surface area contributed by atoms with Gasteiger partial charge in [-0.3, -0.25) is 4.79 Å². The molecular weight excluding hydrogens is 314 g/mol. The molecule has 6 heteroatoms. The lowest BCUT2D eigenvalue weighted by Crippen LogP contribution is -2.27. The minimum atomic E-state index is -0.112. The first kappa shape index (κ1) is 16.0. The van der Waals surface area contributed by atoms with Crippen molar-refractivity contribution in [3.05, 3.63) is 46.7 Å².